The van der Waals surface area contributed by atoms with Crippen LogP contribution >= 0.6 is 0 Å². The van der Waals surface area contributed by atoms with E-state index < -0.39 is 0 Å². The Kier molecular flexibility index (Phi) is 10.7. The third kappa shape index (κ3) is 7.34. The van der Waals surface area contributed by atoms with Crippen molar-refractivity contribution in [2.75, 3.05) is 45.9 Å². The van der Waals surface area contributed by atoms with Crippen LogP contribution in [0.3, 0.4) is 0 Å². The topological polar surface area (TPSA) is 26.7 Å². The molecular formula is C15H34N2O. The van der Waals surface area contributed by atoms with Crippen molar-refractivity contribution in [3.8, 4) is 0 Å². The maximum absolute atomic E-state index is 8.83. The molecule has 0 saturated carbocycles. The van der Waals surface area contributed by atoms with Crippen molar-refractivity contribution in [3.63, 3.8) is 0 Å². The minimum absolute atomic E-state index is 0. The second-order valence-corrected chi connectivity index (χ2v) is 5.39. The summed E-state index contributed by atoms with van der Waals surface area (Å²) in [4.78, 5) is 5.13. The molecule has 1 heterocycles. The minimum atomic E-state index is 0. The van der Waals surface area contributed by atoms with Gasteiger partial charge in [-0.25, -0.2) is 0 Å². The van der Waals surface area contributed by atoms with Gasteiger partial charge in [0.2, 0.25) is 0 Å². The van der Waals surface area contributed by atoms with Gasteiger partial charge in [0.05, 0.1) is 0 Å². The van der Waals surface area contributed by atoms with Crippen molar-refractivity contribution in [3.05, 3.63) is 0 Å². The molecule has 0 spiro atoms. The molecule has 0 bridgehead atoms. The number of hydrogen-bond donors (Lipinski definition) is 1. The summed E-state index contributed by atoms with van der Waals surface area (Å²) in [5.41, 5.74) is 0. The van der Waals surface area contributed by atoms with Gasteiger partial charge in [0, 0.05) is 32.8 Å². The molecule has 18 heavy (non-hydrogen) atoms. The van der Waals surface area contributed by atoms with Crippen molar-refractivity contribution >= 4 is 0 Å². The van der Waals surface area contributed by atoms with Crippen LogP contribution in [0.15, 0.2) is 0 Å². The normalized spacial score (nSPS) is 19.5. The summed E-state index contributed by atoms with van der Waals surface area (Å²) < 4.78 is 0. The summed E-state index contributed by atoms with van der Waals surface area (Å²) in [6.07, 6.45) is 4.88. The first-order valence-corrected chi connectivity index (χ1v) is 7.31. The largest absolute Gasteiger partial charge is 0.396 e. The van der Waals surface area contributed by atoms with Crippen LogP contribution in [0.25, 0.3) is 0 Å². The van der Waals surface area contributed by atoms with Crippen molar-refractivity contribution in [1.82, 2.24) is 9.80 Å². The molecule has 1 aliphatic heterocycles. The smallest absolute Gasteiger partial charge is 0.0433 e. The van der Waals surface area contributed by atoms with E-state index in [1.165, 1.54) is 58.5 Å². The number of likely N-dealkylation sites (N-methyl/N-ethyl adjacent to an activating group) is 1. The van der Waals surface area contributed by atoms with Crippen LogP contribution in [-0.4, -0.2) is 60.8 Å². The van der Waals surface area contributed by atoms with Gasteiger partial charge in [-0.3, -0.25) is 0 Å². The number of piperazine rings is 1. The lowest BCUT2D eigenvalue weighted by atomic mass is 10.0. The maximum Gasteiger partial charge on any atom is 0.0433 e. The minimum Gasteiger partial charge on any atom is -0.396 e. The Balaban J connectivity index is 0.00000289. The van der Waals surface area contributed by atoms with Crippen molar-refractivity contribution in [2.24, 2.45) is 5.92 Å². The molecule has 1 unspecified atom stereocenters. The van der Waals surface area contributed by atoms with Gasteiger partial charge >= 0.3 is 0 Å². The number of hydrogen-bond acceptors (Lipinski definition) is 3. The van der Waals surface area contributed by atoms with Crippen LogP contribution in [-0.2, 0) is 0 Å². The summed E-state index contributed by atoms with van der Waals surface area (Å²) in [6.45, 7) is 12.3. The van der Waals surface area contributed by atoms with E-state index in [1.807, 2.05) is 0 Å². The van der Waals surface area contributed by atoms with Gasteiger partial charge in [-0.05, 0) is 31.8 Å². The standard InChI is InChI=1S/C14H30N2O.CH4/c1-3-15-9-11-16(12-10-15)8-5-4-6-14(2)7-13-17;/h14,17H,3-13H2,1-2H3;1H4. The van der Waals surface area contributed by atoms with Crippen molar-refractivity contribution in [1.29, 1.82) is 0 Å². The summed E-state index contributed by atoms with van der Waals surface area (Å²) >= 11 is 0. The van der Waals surface area contributed by atoms with Crippen LogP contribution < -0.4 is 0 Å². The first kappa shape index (κ1) is 17.9. The number of unbranched alkanes of at least 4 members (excludes halogenated alkanes) is 1. The SMILES string of the molecule is C.CCN1CCN(CCCCC(C)CCO)CC1. The van der Waals surface area contributed by atoms with Crippen LogP contribution in [0, 0.1) is 5.92 Å². The molecular weight excluding hydrogens is 224 g/mol. The zero-order valence-electron chi connectivity index (χ0n) is 11.7. The summed E-state index contributed by atoms with van der Waals surface area (Å²) in [7, 11) is 0. The highest BCUT2D eigenvalue weighted by atomic mass is 16.3. The maximum atomic E-state index is 8.83. The van der Waals surface area contributed by atoms with Gasteiger partial charge in [0.1, 0.15) is 0 Å². The quantitative estimate of drug-likeness (QED) is 0.678. The highest BCUT2D eigenvalue weighted by molar-refractivity contribution is 4.70. The predicted octanol–water partition coefficient (Wildman–Crippen LogP) is 2.45. The van der Waals surface area contributed by atoms with E-state index >= 15 is 0 Å². The molecule has 0 aromatic carbocycles. The lowest BCUT2D eigenvalue weighted by molar-refractivity contribution is 0.135. The Morgan fingerprint density at radius 1 is 1.00 bits per heavy atom. The third-order valence-corrected chi connectivity index (χ3v) is 3.96. The van der Waals surface area contributed by atoms with Gasteiger partial charge in [-0.2, -0.15) is 0 Å². The number of aliphatic hydroxyl groups excluding tert-OH is 1. The lowest BCUT2D eigenvalue weighted by Crippen LogP contribution is -2.46. The fourth-order valence-corrected chi connectivity index (χ4v) is 2.52. The van der Waals surface area contributed by atoms with Crippen LogP contribution in [0.1, 0.15) is 47.0 Å². The van der Waals surface area contributed by atoms with Crippen molar-refractivity contribution in [2.45, 2.75) is 47.0 Å². The fourth-order valence-electron chi connectivity index (χ4n) is 2.52. The summed E-state index contributed by atoms with van der Waals surface area (Å²) in [5.74, 6) is 0.692. The third-order valence-electron chi connectivity index (χ3n) is 3.96. The van der Waals surface area contributed by atoms with Crippen LogP contribution in [0.2, 0.25) is 0 Å². The Hall–Kier alpha value is -0.120. The molecule has 1 rings (SSSR count). The molecule has 0 amide bonds. The van der Waals surface area contributed by atoms with Gasteiger partial charge in [0.25, 0.3) is 0 Å². The molecule has 0 aliphatic carbocycles. The number of rotatable bonds is 8. The number of nitrogens with zero attached hydrogens (tertiary/aromatic N) is 2. The van der Waals surface area contributed by atoms with Gasteiger partial charge < -0.3 is 14.9 Å². The first-order valence-electron chi connectivity index (χ1n) is 7.31. The molecule has 110 valence electrons. The molecule has 1 fully saturated rings. The van der Waals surface area contributed by atoms with E-state index in [0.717, 1.165) is 6.42 Å². The second kappa shape index (κ2) is 10.8. The molecule has 3 heteroatoms. The van der Waals surface area contributed by atoms with Gasteiger partial charge in [-0.1, -0.05) is 34.1 Å². The van der Waals surface area contributed by atoms with Crippen molar-refractivity contribution < 1.29 is 5.11 Å². The Morgan fingerprint density at radius 3 is 2.17 bits per heavy atom. The highest BCUT2D eigenvalue weighted by Crippen LogP contribution is 2.12. The van der Waals surface area contributed by atoms with Crippen LogP contribution in [0.4, 0.5) is 0 Å². The molecule has 1 aliphatic rings. The monoisotopic (exact) mass is 258 g/mol. The van der Waals surface area contributed by atoms with E-state index in [2.05, 4.69) is 23.6 Å². The first-order chi connectivity index (χ1) is 8.26. The molecule has 3 nitrogen and oxygen atoms in total. The fraction of sp³-hybridized carbons (Fsp3) is 1.00. The molecule has 1 atom stereocenters. The Bertz CT molecular complexity index is 179. The molecule has 0 aromatic heterocycles. The zero-order chi connectivity index (χ0) is 12.5. The molecule has 0 radical (unpaired) electrons. The van der Waals surface area contributed by atoms with Gasteiger partial charge in [-0.15, -0.1) is 0 Å². The van der Waals surface area contributed by atoms with E-state index in [0.29, 0.717) is 12.5 Å². The number of aliphatic hydroxyl groups is 1. The molecule has 1 N–H and O–H groups in total. The second-order valence-electron chi connectivity index (χ2n) is 5.39. The predicted molar refractivity (Wildman–Crippen MR) is 80.0 cm³/mol. The molecule has 0 aromatic rings. The van der Waals surface area contributed by atoms with E-state index in [4.69, 9.17) is 5.11 Å². The van der Waals surface area contributed by atoms with E-state index in [9.17, 15) is 0 Å². The highest BCUT2D eigenvalue weighted by Gasteiger charge is 2.14. The van der Waals surface area contributed by atoms with Gasteiger partial charge in [0.15, 0.2) is 0 Å². The summed E-state index contributed by atoms with van der Waals surface area (Å²) in [5, 5.41) is 8.83. The lowest BCUT2D eigenvalue weighted by Gasteiger charge is -2.34. The average molecular weight is 258 g/mol. The average Bonchev–Trinajstić information content (AvgIpc) is 2.36. The van der Waals surface area contributed by atoms with E-state index in [-0.39, 0.29) is 7.43 Å². The molecule has 1 saturated heterocycles. The zero-order valence-corrected chi connectivity index (χ0v) is 11.7. The van der Waals surface area contributed by atoms with Crippen LogP contribution in [0.5, 0.6) is 0 Å². The Labute approximate surface area is 114 Å². The van der Waals surface area contributed by atoms with E-state index in [1.54, 1.807) is 0 Å². The Morgan fingerprint density at radius 2 is 1.61 bits per heavy atom. The summed E-state index contributed by atoms with van der Waals surface area (Å²) in [6, 6.07) is 0.